The molecule has 0 amide bonds. The van der Waals surface area contributed by atoms with Gasteiger partial charge in [0.1, 0.15) is 5.75 Å². The summed E-state index contributed by atoms with van der Waals surface area (Å²) >= 11 is 0. The number of hydrogen-bond donors (Lipinski definition) is 3. The van der Waals surface area contributed by atoms with Crippen molar-refractivity contribution in [3.05, 3.63) is 78.5 Å². The van der Waals surface area contributed by atoms with Gasteiger partial charge in [0.25, 0.3) is 0 Å². The lowest BCUT2D eigenvalue weighted by Crippen LogP contribution is -2.50. The molecule has 0 saturated carbocycles. The van der Waals surface area contributed by atoms with Crippen LogP contribution in [0.5, 0.6) is 5.75 Å². The van der Waals surface area contributed by atoms with E-state index >= 15 is 0 Å². The third-order valence-corrected chi connectivity index (χ3v) is 5.96. The Balaban J connectivity index is 1.70. The molecule has 0 aliphatic rings. The number of phenols is 1. The summed E-state index contributed by atoms with van der Waals surface area (Å²) in [4.78, 5) is 10.9. The highest BCUT2D eigenvalue weighted by molar-refractivity contribution is 5.79. The molecule has 0 aliphatic carbocycles. The number of H-pyrrole nitrogens is 1. The number of pyridine rings is 2. The van der Waals surface area contributed by atoms with E-state index in [1.807, 2.05) is 0 Å². The van der Waals surface area contributed by atoms with Crippen LogP contribution in [0.4, 0.5) is 13.2 Å². The van der Waals surface area contributed by atoms with Crippen LogP contribution in [-0.2, 0) is 11.8 Å². The summed E-state index contributed by atoms with van der Waals surface area (Å²) in [5.41, 5.74) is -1.51. The molecule has 1 aromatic carbocycles. The Labute approximate surface area is 189 Å². The Kier molecular flexibility index (Phi) is 5.66. The van der Waals surface area contributed by atoms with Crippen LogP contribution in [0.3, 0.4) is 0 Å². The SMILES string of the molecule is CC(C)(CC(O)(Cc1cc2ccncc2[nH]1)C(F)(F)F)c1cc(-c2ccncc2)ccc1O. The number of aromatic amines is 1. The molecule has 0 aliphatic heterocycles. The third kappa shape index (κ3) is 4.57. The van der Waals surface area contributed by atoms with Gasteiger partial charge in [-0.3, -0.25) is 9.97 Å². The van der Waals surface area contributed by atoms with Crippen LogP contribution in [-0.4, -0.2) is 36.9 Å². The van der Waals surface area contributed by atoms with E-state index < -0.39 is 30.0 Å². The Morgan fingerprint density at radius 1 is 0.909 bits per heavy atom. The summed E-state index contributed by atoms with van der Waals surface area (Å²) in [5.74, 6) is -0.126. The summed E-state index contributed by atoms with van der Waals surface area (Å²) in [6, 6.07) is 11.6. The van der Waals surface area contributed by atoms with Crippen LogP contribution in [0.2, 0.25) is 0 Å². The molecular formula is C25H24F3N3O2. The zero-order chi connectivity index (χ0) is 23.9. The van der Waals surface area contributed by atoms with E-state index in [0.29, 0.717) is 16.5 Å². The average Bonchev–Trinajstić information content (AvgIpc) is 3.15. The van der Waals surface area contributed by atoms with Crippen LogP contribution < -0.4 is 0 Å². The minimum Gasteiger partial charge on any atom is -0.508 e. The Morgan fingerprint density at radius 3 is 2.27 bits per heavy atom. The minimum atomic E-state index is -4.89. The first-order valence-corrected chi connectivity index (χ1v) is 10.4. The van der Waals surface area contributed by atoms with Gasteiger partial charge in [0, 0.05) is 41.7 Å². The molecule has 0 fully saturated rings. The van der Waals surface area contributed by atoms with Crippen molar-refractivity contribution in [1.29, 1.82) is 0 Å². The normalized spacial score (nSPS) is 14.4. The molecule has 33 heavy (non-hydrogen) atoms. The van der Waals surface area contributed by atoms with Gasteiger partial charge in [0.15, 0.2) is 5.60 Å². The number of phenolic OH excluding ortho intramolecular Hbond substituents is 1. The van der Waals surface area contributed by atoms with Gasteiger partial charge in [0.05, 0.1) is 11.7 Å². The van der Waals surface area contributed by atoms with Gasteiger partial charge >= 0.3 is 6.18 Å². The number of alkyl halides is 3. The summed E-state index contributed by atoms with van der Waals surface area (Å²) < 4.78 is 42.6. The number of nitrogens with one attached hydrogen (secondary N) is 1. The first-order valence-electron chi connectivity index (χ1n) is 10.4. The summed E-state index contributed by atoms with van der Waals surface area (Å²) in [5, 5.41) is 22.2. The fourth-order valence-corrected chi connectivity index (χ4v) is 4.33. The van der Waals surface area contributed by atoms with Gasteiger partial charge in [-0.05, 0) is 59.4 Å². The van der Waals surface area contributed by atoms with Crippen LogP contribution in [0.1, 0.15) is 31.5 Å². The first-order chi connectivity index (χ1) is 15.5. The van der Waals surface area contributed by atoms with Crippen molar-refractivity contribution in [1.82, 2.24) is 15.0 Å². The second-order valence-electron chi connectivity index (χ2n) is 8.99. The number of rotatable bonds is 6. The van der Waals surface area contributed by atoms with Crippen LogP contribution in [0, 0.1) is 0 Å². The molecule has 5 nitrogen and oxygen atoms in total. The number of aliphatic hydroxyl groups is 1. The van der Waals surface area contributed by atoms with E-state index in [1.54, 1.807) is 68.8 Å². The number of fused-ring (bicyclic) bond motifs is 1. The fourth-order valence-electron chi connectivity index (χ4n) is 4.33. The van der Waals surface area contributed by atoms with Crippen LogP contribution >= 0.6 is 0 Å². The van der Waals surface area contributed by atoms with E-state index in [9.17, 15) is 23.4 Å². The highest BCUT2D eigenvalue weighted by Gasteiger charge is 2.56. The fraction of sp³-hybridized carbons (Fsp3) is 0.280. The number of nitrogens with zero attached hydrogens (tertiary/aromatic N) is 2. The molecular weight excluding hydrogens is 431 g/mol. The molecule has 4 aromatic rings. The Hall–Kier alpha value is -3.39. The van der Waals surface area contributed by atoms with Gasteiger partial charge in [-0.15, -0.1) is 0 Å². The smallest absolute Gasteiger partial charge is 0.417 e. The van der Waals surface area contributed by atoms with Crippen molar-refractivity contribution in [2.45, 2.75) is 43.9 Å². The van der Waals surface area contributed by atoms with Crippen molar-refractivity contribution in [2.24, 2.45) is 0 Å². The third-order valence-electron chi connectivity index (χ3n) is 5.96. The molecule has 4 rings (SSSR count). The van der Waals surface area contributed by atoms with Crippen molar-refractivity contribution >= 4 is 10.9 Å². The molecule has 1 atom stereocenters. The molecule has 8 heteroatoms. The number of benzene rings is 1. The molecule has 0 radical (unpaired) electrons. The van der Waals surface area contributed by atoms with Gasteiger partial charge < -0.3 is 15.2 Å². The Bertz CT molecular complexity index is 1240. The van der Waals surface area contributed by atoms with Crippen LogP contribution in [0.25, 0.3) is 22.0 Å². The largest absolute Gasteiger partial charge is 0.508 e. The molecule has 0 bridgehead atoms. The predicted molar refractivity (Wildman–Crippen MR) is 120 cm³/mol. The zero-order valence-electron chi connectivity index (χ0n) is 18.2. The topological polar surface area (TPSA) is 82.0 Å². The molecule has 1 unspecified atom stereocenters. The molecule has 172 valence electrons. The number of hydrogen-bond acceptors (Lipinski definition) is 4. The average molecular weight is 455 g/mol. The second-order valence-corrected chi connectivity index (χ2v) is 8.99. The van der Waals surface area contributed by atoms with Crippen molar-refractivity contribution in [2.75, 3.05) is 0 Å². The molecule has 0 saturated heterocycles. The van der Waals surface area contributed by atoms with E-state index in [-0.39, 0.29) is 11.4 Å². The summed E-state index contributed by atoms with van der Waals surface area (Å²) in [6.07, 6.45) is 0.119. The number of aromatic nitrogens is 3. The van der Waals surface area contributed by atoms with E-state index in [2.05, 4.69) is 15.0 Å². The van der Waals surface area contributed by atoms with Crippen molar-refractivity contribution in [3.8, 4) is 16.9 Å². The van der Waals surface area contributed by atoms with Gasteiger partial charge in [-0.1, -0.05) is 19.9 Å². The lowest BCUT2D eigenvalue weighted by atomic mass is 9.72. The van der Waals surface area contributed by atoms with E-state index in [1.165, 1.54) is 12.3 Å². The summed E-state index contributed by atoms with van der Waals surface area (Å²) in [6.45, 7) is 3.18. The molecule has 0 spiro atoms. The minimum absolute atomic E-state index is 0.126. The monoisotopic (exact) mass is 455 g/mol. The van der Waals surface area contributed by atoms with Gasteiger partial charge in [-0.25, -0.2) is 0 Å². The molecule has 3 N–H and O–H groups in total. The lowest BCUT2D eigenvalue weighted by Gasteiger charge is -2.38. The highest BCUT2D eigenvalue weighted by Crippen LogP contribution is 2.45. The first kappa shape index (κ1) is 22.8. The predicted octanol–water partition coefficient (Wildman–Crippen LogP) is 5.53. The maximum atomic E-state index is 14.2. The molecule has 3 aromatic heterocycles. The lowest BCUT2D eigenvalue weighted by molar-refractivity contribution is -0.266. The van der Waals surface area contributed by atoms with E-state index in [0.717, 1.165) is 11.1 Å². The maximum absolute atomic E-state index is 14.2. The van der Waals surface area contributed by atoms with Crippen molar-refractivity contribution in [3.63, 3.8) is 0 Å². The number of aromatic hydroxyl groups is 1. The highest BCUT2D eigenvalue weighted by atomic mass is 19.4. The van der Waals surface area contributed by atoms with Gasteiger partial charge in [-0.2, -0.15) is 13.2 Å². The quantitative estimate of drug-likeness (QED) is 0.357. The van der Waals surface area contributed by atoms with Crippen molar-refractivity contribution < 1.29 is 23.4 Å². The summed E-state index contributed by atoms with van der Waals surface area (Å²) in [7, 11) is 0. The van der Waals surface area contributed by atoms with Crippen LogP contribution in [0.15, 0.2) is 67.3 Å². The standard InChI is InChI=1S/C25H24F3N3O2/c1-23(2,20-12-17(3-4-22(20)32)16-5-8-29-9-6-16)15-24(33,25(26,27)28)13-19-11-18-7-10-30-14-21(18)31-19/h3-12,14,31-33H,13,15H2,1-2H3. The van der Waals surface area contributed by atoms with E-state index in [4.69, 9.17) is 0 Å². The Morgan fingerprint density at radius 2 is 1.61 bits per heavy atom. The number of halogens is 3. The second kappa shape index (κ2) is 8.19. The van der Waals surface area contributed by atoms with Gasteiger partial charge in [0.2, 0.25) is 0 Å². The molecule has 3 heterocycles. The zero-order valence-corrected chi connectivity index (χ0v) is 18.2. The maximum Gasteiger partial charge on any atom is 0.417 e.